The van der Waals surface area contributed by atoms with Gasteiger partial charge in [0, 0.05) is 24.3 Å². The molecule has 0 unspecified atom stereocenters. The lowest BCUT2D eigenvalue weighted by Gasteiger charge is -2.17. The number of aromatic nitrogens is 2. The van der Waals surface area contributed by atoms with Gasteiger partial charge in [-0.15, -0.1) is 0 Å². The van der Waals surface area contributed by atoms with E-state index in [-0.39, 0.29) is 5.91 Å². The summed E-state index contributed by atoms with van der Waals surface area (Å²) >= 11 is 7.43. The van der Waals surface area contributed by atoms with Gasteiger partial charge in [0.2, 0.25) is 5.91 Å². The number of fused-ring (bicyclic) bond motifs is 1. The molecule has 3 aromatic rings. The van der Waals surface area contributed by atoms with Crippen LogP contribution in [0.5, 0.6) is 0 Å². The molecule has 6 heteroatoms. The molecule has 0 saturated heterocycles. The molecule has 2 aromatic carbocycles. The molecular formula is C20H18ClN3OS. The third-order valence-corrected chi connectivity index (χ3v) is 5.88. The van der Waals surface area contributed by atoms with E-state index >= 15 is 0 Å². The quantitative estimate of drug-likeness (QED) is 0.626. The Morgan fingerprint density at radius 2 is 1.96 bits per heavy atom. The number of rotatable bonds is 4. The Kier molecular flexibility index (Phi) is 4.74. The Morgan fingerprint density at radius 1 is 1.19 bits per heavy atom. The SMILES string of the molecule is Cn1c(-c2ccc(Cl)cc2)cnc1SCC(=O)N1CCc2ccccc21. The van der Waals surface area contributed by atoms with Gasteiger partial charge < -0.3 is 9.47 Å². The highest BCUT2D eigenvalue weighted by Gasteiger charge is 2.24. The van der Waals surface area contributed by atoms with Gasteiger partial charge in [0.1, 0.15) is 0 Å². The monoisotopic (exact) mass is 383 g/mol. The maximum atomic E-state index is 12.7. The van der Waals surface area contributed by atoms with Crippen molar-refractivity contribution < 1.29 is 4.79 Å². The van der Waals surface area contributed by atoms with Crippen molar-refractivity contribution in [1.29, 1.82) is 0 Å². The number of para-hydroxylation sites is 1. The largest absolute Gasteiger partial charge is 0.322 e. The number of amides is 1. The molecule has 0 bridgehead atoms. The van der Waals surface area contributed by atoms with E-state index in [0.717, 1.165) is 35.1 Å². The number of benzene rings is 2. The predicted molar refractivity (Wildman–Crippen MR) is 107 cm³/mol. The number of hydrogen-bond donors (Lipinski definition) is 0. The van der Waals surface area contributed by atoms with Gasteiger partial charge >= 0.3 is 0 Å². The molecule has 132 valence electrons. The zero-order valence-corrected chi connectivity index (χ0v) is 15.9. The van der Waals surface area contributed by atoms with E-state index in [1.165, 1.54) is 17.3 Å². The van der Waals surface area contributed by atoms with Crippen molar-refractivity contribution in [3.63, 3.8) is 0 Å². The van der Waals surface area contributed by atoms with Crippen molar-refractivity contribution in [2.24, 2.45) is 7.05 Å². The van der Waals surface area contributed by atoms with E-state index in [9.17, 15) is 4.79 Å². The Labute approximate surface area is 161 Å². The molecule has 2 heterocycles. The lowest BCUT2D eigenvalue weighted by atomic mass is 10.2. The summed E-state index contributed by atoms with van der Waals surface area (Å²) in [5.41, 5.74) is 4.34. The maximum absolute atomic E-state index is 12.7. The first kappa shape index (κ1) is 17.2. The molecule has 1 aromatic heterocycles. The van der Waals surface area contributed by atoms with Crippen LogP contribution in [0.25, 0.3) is 11.3 Å². The second-order valence-electron chi connectivity index (χ2n) is 6.20. The van der Waals surface area contributed by atoms with Gasteiger partial charge in [-0.25, -0.2) is 4.98 Å². The van der Waals surface area contributed by atoms with Crippen LogP contribution >= 0.6 is 23.4 Å². The fourth-order valence-corrected chi connectivity index (χ4v) is 4.17. The van der Waals surface area contributed by atoms with Gasteiger partial charge in [-0.1, -0.05) is 53.7 Å². The number of nitrogens with zero attached hydrogens (tertiary/aromatic N) is 3. The second kappa shape index (κ2) is 7.17. The summed E-state index contributed by atoms with van der Waals surface area (Å²) in [6.45, 7) is 0.759. The summed E-state index contributed by atoms with van der Waals surface area (Å²) in [6, 6.07) is 15.8. The van der Waals surface area contributed by atoms with Gasteiger partial charge in [-0.05, 0) is 35.7 Å². The Balaban J connectivity index is 1.46. The number of carbonyl (C=O) groups excluding carboxylic acids is 1. The van der Waals surface area contributed by atoms with Crippen LogP contribution in [0.1, 0.15) is 5.56 Å². The van der Waals surface area contributed by atoms with Crippen LogP contribution in [0, 0.1) is 0 Å². The highest BCUT2D eigenvalue weighted by atomic mass is 35.5. The molecule has 1 amide bonds. The lowest BCUT2D eigenvalue weighted by Crippen LogP contribution is -2.30. The summed E-state index contributed by atoms with van der Waals surface area (Å²) in [5.74, 6) is 0.496. The van der Waals surface area contributed by atoms with Gasteiger partial charge in [0.05, 0.1) is 17.6 Å². The number of thioether (sulfide) groups is 1. The van der Waals surface area contributed by atoms with Crippen LogP contribution in [0.2, 0.25) is 5.02 Å². The molecule has 0 aliphatic carbocycles. The van der Waals surface area contributed by atoms with Crippen LogP contribution in [-0.2, 0) is 18.3 Å². The van der Waals surface area contributed by atoms with Crippen molar-refractivity contribution in [2.45, 2.75) is 11.6 Å². The van der Waals surface area contributed by atoms with Gasteiger partial charge in [0.15, 0.2) is 5.16 Å². The van der Waals surface area contributed by atoms with E-state index in [2.05, 4.69) is 11.1 Å². The zero-order valence-electron chi connectivity index (χ0n) is 14.4. The van der Waals surface area contributed by atoms with Crippen molar-refractivity contribution >= 4 is 35.0 Å². The fraction of sp³-hybridized carbons (Fsp3) is 0.200. The highest BCUT2D eigenvalue weighted by Crippen LogP contribution is 2.30. The van der Waals surface area contributed by atoms with Crippen molar-refractivity contribution in [3.05, 3.63) is 65.3 Å². The Bertz CT molecular complexity index is 952. The number of imidazole rings is 1. The Morgan fingerprint density at radius 3 is 2.77 bits per heavy atom. The van der Waals surface area contributed by atoms with Crippen LogP contribution in [0.4, 0.5) is 5.69 Å². The summed E-state index contributed by atoms with van der Waals surface area (Å²) in [7, 11) is 1.97. The van der Waals surface area contributed by atoms with Crippen molar-refractivity contribution in [2.75, 3.05) is 17.2 Å². The third kappa shape index (κ3) is 3.24. The summed E-state index contributed by atoms with van der Waals surface area (Å²) < 4.78 is 2.01. The maximum Gasteiger partial charge on any atom is 0.237 e. The topological polar surface area (TPSA) is 38.1 Å². The zero-order chi connectivity index (χ0) is 18.1. The third-order valence-electron chi connectivity index (χ3n) is 4.60. The molecule has 0 spiro atoms. The molecule has 4 rings (SSSR count). The normalized spacial score (nSPS) is 13.1. The lowest BCUT2D eigenvalue weighted by molar-refractivity contribution is -0.116. The van der Waals surface area contributed by atoms with Gasteiger partial charge in [-0.3, -0.25) is 4.79 Å². The molecule has 0 N–H and O–H groups in total. The summed E-state index contributed by atoms with van der Waals surface area (Å²) in [6.07, 6.45) is 2.76. The molecular weight excluding hydrogens is 366 g/mol. The van der Waals surface area contributed by atoms with Gasteiger partial charge in [0.25, 0.3) is 0 Å². The molecule has 0 radical (unpaired) electrons. The minimum Gasteiger partial charge on any atom is -0.322 e. The Hall–Kier alpha value is -2.24. The van der Waals surface area contributed by atoms with E-state index in [1.54, 1.807) is 0 Å². The van der Waals surface area contributed by atoms with E-state index in [4.69, 9.17) is 11.6 Å². The highest BCUT2D eigenvalue weighted by molar-refractivity contribution is 7.99. The van der Waals surface area contributed by atoms with Crippen LogP contribution in [0.3, 0.4) is 0 Å². The van der Waals surface area contributed by atoms with Gasteiger partial charge in [-0.2, -0.15) is 0 Å². The molecule has 0 fully saturated rings. The standard InChI is InChI=1S/C20H18ClN3OS/c1-23-18(15-6-8-16(21)9-7-15)12-22-20(23)26-13-19(25)24-11-10-14-4-2-3-5-17(14)24/h2-9,12H,10-11,13H2,1H3. The predicted octanol–water partition coefficient (Wildman–Crippen LogP) is 4.42. The number of hydrogen-bond acceptors (Lipinski definition) is 3. The smallest absolute Gasteiger partial charge is 0.237 e. The summed E-state index contributed by atoms with van der Waals surface area (Å²) in [5, 5.41) is 1.54. The number of halogens is 1. The van der Waals surface area contributed by atoms with Crippen LogP contribution in [0.15, 0.2) is 59.9 Å². The second-order valence-corrected chi connectivity index (χ2v) is 7.58. The van der Waals surface area contributed by atoms with Crippen molar-refractivity contribution in [1.82, 2.24) is 9.55 Å². The number of anilines is 1. The molecule has 26 heavy (non-hydrogen) atoms. The average Bonchev–Trinajstić information content (AvgIpc) is 3.24. The summed E-state index contributed by atoms with van der Waals surface area (Å²) in [4.78, 5) is 19.0. The molecule has 0 atom stereocenters. The van der Waals surface area contributed by atoms with E-state index in [0.29, 0.717) is 10.8 Å². The molecule has 1 aliphatic rings. The van der Waals surface area contributed by atoms with Crippen LogP contribution in [-0.4, -0.2) is 27.8 Å². The minimum absolute atomic E-state index is 0.121. The molecule has 4 nitrogen and oxygen atoms in total. The first-order valence-electron chi connectivity index (χ1n) is 8.42. The van der Waals surface area contributed by atoms with E-state index < -0.39 is 0 Å². The van der Waals surface area contributed by atoms with Crippen molar-refractivity contribution in [3.8, 4) is 11.3 Å². The molecule has 1 aliphatic heterocycles. The fourth-order valence-electron chi connectivity index (χ4n) is 3.22. The first-order valence-corrected chi connectivity index (χ1v) is 9.78. The number of carbonyl (C=O) groups is 1. The average molecular weight is 384 g/mol. The molecule has 0 saturated carbocycles. The minimum atomic E-state index is 0.121. The van der Waals surface area contributed by atoms with Crippen LogP contribution < -0.4 is 4.90 Å². The first-order chi connectivity index (χ1) is 12.6. The van der Waals surface area contributed by atoms with E-state index in [1.807, 2.05) is 65.2 Å².